The molecule has 0 aromatic heterocycles. The highest BCUT2D eigenvalue weighted by Crippen LogP contribution is 2.45. The van der Waals surface area contributed by atoms with E-state index < -0.39 is 5.60 Å². The summed E-state index contributed by atoms with van der Waals surface area (Å²) in [4.78, 5) is 25.5. The van der Waals surface area contributed by atoms with Crippen molar-refractivity contribution in [2.45, 2.75) is 59.0 Å². The number of amides is 1. The van der Waals surface area contributed by atoms with Crippen molar-refractivity contribution in [1.29, 1.82) is 0 Å². The number of carbonyl (C=O) groups is 2. The Morgan fingerprint density at radius 1 is 1.42 bits per heavy atom. The largest absolute Gasteiger partial charge is 0.444 e. The molecule has 0 bridgehead atoms. The molecule has 0 aromatic carbocycles. The fourth-order valence-corrected chi connectivity index (χ4v) is 3.21. The van der Waals surface area contributed by atoms with Gasteiger partial charge in [-0.2, -0.15) is 0 Å². The predicted octanol–water partition coefficient (Wildman–Crippen LogP) is 3.00. The number of nitrogens with zero attached hydrogens (tertiary/aromatic N) is 1. The van der Waals surface area contributed by atoms with Crippen molar-refractivity contribution in [2.24, 2.45) is 11.3 Å². The van der Waals surface area contributed by atoms with E-state index in [-0.39, 0.29) is 11.5 Å². The summed E-state index contributed by atoms with van der Waals surface area (Å²) < 4.78 is 5.43. The molecule has 0 radical (unpaired) electrons. The first-order chi connectivity index (χ1) is 8.70. The molecule has 2 fully saturated rings. The topological polar surface area (TPSA) is 46.6 Å². The Labute approximate surface area is 115 Å². The van der Waals surface area contributed by atoms with E-state index in [9.17, 15) is 9.59 Å². The van der Waals surface area contributed by atoms with Crippen molar-refractivity contribution in [3.05, 3.63) is 0 Å². The second kappa shape index (κ2) is 4.80. The first-order valence-corrected chi connectivity index (χ1v) is 7.19. The lowest BCUT2D eigenvalue weighted by Crippen LogP contribution is -2.51. The zero-order valence-corrected chi connectivity index (χ0v) is 12.5. The molecule has 2 rings (SSSR count). The summed E-state index contributed by atoms with van der Waals surface area (Å²) in [6.07, 6.45) is 2.95. The van der Waals surface area contributed by atoms with Gasteiger partial charge in [-0.25, -0.2) is 4.79 Å². The van der Waals surface area contributed by atoms with Gasteiger partial charge >= 0.3 is 6.09 Å². The van der Waals surface area contributed by atoms with E-state index in [2.05, 4.69) is 6.92 Å². The molecular formula is C15H25NO3. The molecule has 0 spiro atoms. The number of ketones is 1. The van der Waals surface area contributed by atoms with Crippen molar-refractivity contribution in [3.8, 4) is 0 Å². The van der Waals surface area contributed by atoms with Crippen molar-refractivity contribution < 1.29 is 14.3 Å². The Morgan fingerprint density at radius 3 is 2.74 bits per heavy atom. The number of Topliss-reactive ketones (excluding diaryl/α,β-unsaturated/α-hetero) is 1. The Kier molecular flexibility index (Phi) is 3.63. The number of piperidine rings is 1. The van der Waals surface area contributed by atoms with Gasteiger partial charge in [0.1, 0.15) is 11.4 Å². The van der Waals surface area contributed by atoms with Gasteiger partial charge in [-0.05, 0) is 44.9 Å². The average Bonchev–Trinajstić information content (AvgIpc) is 2.24. The van der Waals surface area contributed by atoms with Gasteiger partial charge in [0.2, 0.25) is 0 Å². The maximum absolute atomic E-state index is 12.1. The van der Waals surface area contributed by atoms with Crippen LogP contribution in [0.3, 0.4) is 0 Å². The third-order valence-electron chi connectivity index (χ3n) is 4.40. The van der Waals surface area contributed by atoms with Gasteiger partial charge in [0, 0.05) is 25.9 Å². The molecule has 19 heavy (non-hydrogen) atoms. The molecule has 1 amide bonds. The molecule has 1 heterocycles. The zero-order chi connectivity index (χ0) is 14.3. The summed E-state index contributed by atoms with van der Waals surface area (Å²) in [7, 11) is 0. The smallest absolute Gasteiger partial charge is 0.410 e. The van der Waals surface area contributed by atoms with E-state index in [0.29, 0.717) is 31.1 Å². The lowest BCUT2D eigenvalue weighted by Gasteiger charge is -2.48. The van der Waals surface area contributed by atoms with Crippen LogP contribution in [0.2, 0.25) is 0 Å². The zero-order valence-electron chi connectivity index (χ0n) is 12.5. The number of rotatable bonds is 0. The number of likely N-dealkylation sites (tertiary alicyclic amines) is 1. The van der Waals surface area contributed by atoms with Gasteiger partial charge in [0.25, 0.3) is 0 Å². The van der Waals surface area contributed by atoms with Gasteiger partial charge in [0.15, 0.2) is 0 Å². The number of hydrogen-bond acceptors (Lipinski definition) is 3. The van der Waals surface area contributed by atoms with Crippen molar-refractivity contribution in [2.75, 3.05) is 13.1 Å². The minimum atomic E-state index is -0.444. The summed E-state index contributed by atoms with van der Waals surface area (Å²) in [6, 6.07) is 0. The second-order valence-corrected chi connectivity index (χ2v) is 7.28. The standard InChI is InChI=1S/C15H25NO3/c1-14(2,3)19-13(18)16-8-7-15(4)9-12(17)6-5-11(15)10-16/h11H,5-10H2,1-4H3/t11-,15-/m0/s1. The van der Waals surface area contributed by atoms with Gasteiger partial charge in [0.05, 0.1) is 0 Å². The van der Waals surface area contributed by atoms with Gasteiger partial charge in [-0.1, -0.05) is 6.92 Å². The van der Waals surface area contributed by atoms with E-state index in [0.717, 1.165) is 19.4 Å². The Hall–Kier alpha value is -1.06. The van der Waals surface area contributed by atoms with Crippen LogP contribution in [0.5, 0.6) is 0 Å². The van der Waals surface area contributed by atoms with E-state index >= 15 is 0 Å². The first kappa shape index (κ1) is 14.4. The maximum atomic E-state index is 12.1. The van der Waals surface area contributed by atoms with Gasteiger partial charge < -0.3 is 9.64 Å². The van der Waals surface area contributed by atoms with Crippen LogP contribution in [-0.2, 0) is 9.53 Å². The minimum Gasteiger partial charge on any atom is -0.444 e. The van der Waals surface area contributed by atoms with Crippen LogP contribution < -0.4 is 0 Å². The highest BCUT2D eigenvalue weighted by molar-refractivity contribution is 5.80. The quantitative estimate of drug-likeness (QED) is 0.678. The molecular weight excluding hydrogens is 242 g/mol. The van der Waals surface area contributed by atoms with Gasteiger partial charge in [-0.15, -0.1) is 0 Å². The molecule has 0 unspecified atom stereocenters. The third-order valence-corrected chi connectivity index (χ3v) is 4.40. The maximum Gasteiger partial charge on any atom is 0.410 e. The molecule has 1 aliphatic carbocycles. The highest BCUT2D eigenvalue weighted by atomic mass is 16.6. The molecule has 2 atom stereocenters. The number of fused-ring (bicyclic) bond motifs is 1. The molecule has 1 saturated carbocycles. The molecule has 1 saturated heterocycles. The van der Waals surface area contributed by atoms with Crippen LogP contribution in [0.15, 0.2) is 0 Å². The van der Waals surface area contributed by atoms with Crippen molar-refractivity contribution in [3.63, 3.8) is 0 Å². The number of hydrogen-bond donors (Lipinski definition) is 0. The van der Waals surface area contributed by atoms with Gasteiger partial charge in [-0.3, -0.25) is 4.79 Å². The second-order valence-electron chi connectivity index (χ2n) is 7.28. The fourth-order valence-electron chi connectivity index (χ4n) is 3.21. The lowest BCUT2D eigenvalue weighted by atomic mass is 9.63. The van der Waals surface area contributed by atoms with E-state index in [1.54, 1.807) is 0 Å². The van der Waals surface area contributed by atoms with Crippen LogP contribution in [-0.4, -0.2) is 35.5 Å². The van der Waals surface area contributed by atoms with Crippen LogP contribution in [0.25, 0.3) is 0 Å². The first-order valence-electron chi connectivity index (χ1n) is 7.19. The SMILES string of the molecule is CC(C)(C)OC(=O)N1CC[C@@]2(C)CC(=O)CC[C@H]2C1. The Bertz CT molecular complexity index is 385. The summed E-state index contributed by atoms with van der Waals surface area (Å²) in [6.45, 7) is 9.30. The molecule has 108 valence electrons. The Morgan fingerprint density at radius 2 is 2.11 bits per heavy atom. The van der Waals surface area contributed by atoms with Crippen LogP contribution in [0.1, 0.15) is 53.4 Å². The van der Waals surface area contributed by atoms with E-state index in [1.165, 1.54) is 0 Å². The number of ether oxygens (including phenoxy) is 1. The third kappa shape index (κ3) is 3.28. The minimum absolute atomic E-state index is 0.0911. The van der Waals surface area contributed by atoms with Crippen LogP contribution in [0, 0.1) is 11.3 Å². The van der Waals surface area contributed by atoms with Crippen LogP contribution >= 0.6 is 0 Å². The molecule has 4 heteroatoms. The Balaban J connectivity index is 1.99. The predicted molar refractivity (Wildman–Crippen MR) is 72.9 cm³/mol. The van der Waals surface area contributed by atoms with Crippen molar-refractivity contribution >= 4 is 11.9 Å². The summed E-state index contributed by atoms with van der Waals surface area (Å²) >= 11 is 0. The fraction of sp³-hybridized carbons (Fsp3) is 0.867. The monoisotopic (exact) mass is 267 g/mol. The van der Waals surface area contributed by atoms with E-state index in [4.69, 9.17) is 4.74 Å². The summed E-state index contributed by atoms with van der Waals surface area (Å²) in [5.74, 6) is 0.816. The number of carbonyl (C=O) groups excluding carboxylic acids is 2. The van der Waals surface area contributed by atoms with E-state index in [1.807, 2.05) is 25.7 Å². The highest BCUT2D eigenvalue weighted by Gasteiger charge is 2.44. The molecule has 4 nitrogen and oxygen atoms in total. The van der Waals surface area contributed by atoms with Crippen molar-refractivity contribution in [1.82, 2.24) is 4.90 Å². The van der Waals surface area contributed by atoms with Crippen LogP contribution in [0.4, 0.5) is 4.79 Å². The molecule has 0 N–H and O–H groups in total. The normalized spacial score (nSPS) is 31.9. The summed E-state index contributed by atoms with van der Waals surface area (Å²) in [5, 5.41) is 0. The lowest BCUT2D eigenvalue weighted by molar-refractivity contribution is -0.127. The summed E-state index contributed by atoms with van der Waals surface area (Å²) in [5.41, 5.74) is -0.353. The molecule has 1 aliphatic heterocycles. The molecule has 0 aromatic rings. The average molecular weight is 267 g/mol. The molecule has 2 aliphatic rings.